The Morgan fingerprint density at radius 1 is 1.13 bits per heavy atom. The summed E-state index contributed by atoms with van der Waals surface area (Å²) in [6.45, 7) is 6.08. The summed E-state index contributed by atoms with van der Waals surface area (Å²) in [5.74, 6) is 3.19. The lowest BCUT2D eigenvalue weighted by molar-refractivity contribution is 0.467. The van der Waals surface area contributed by atoms with Gasteiger partial charge < -0.3 is 10.5 Å². The SMILES string of the molecule is Cc1ncc(Oc2cc(C3CCCC3)ncc2C(C)C)c(N)n1. The molecule has 0 bridgehead atoms. The Bertz CT molecular complexity index is 693. The molecular formula is C18H24N4O. The molecule has 3 rings (SSSR count). The molecule has 1 aliphatic rings. The number of anilines is 1. The first kappa shape index (κ1) is 15.7. The van der Waals surface area contributed by atoms with E-state index in [1.54, 1.807) is 6.20 Å². The predicted octanol–water partition coefficient (Wildman–Crippen LogP) is 4.34. The van der Waals surface area contributed by atoms with Gasteiger partial charge in [-0.1, -0.05) is 26.7 Å². The minimum absolute atomic E-state index is 0.322. The Morgan fingerprint density at radius 3 is 2.52 bits per heavy atom. The van der Waals surface area contributed by atoms with E-state index in [1.807, 2.05) is 13.1 Å². The van der Waals surface area contributed by atoms with Crippen molar-refractivity contribution in [3.8, 4) is 11.5 Å². The highest BCUT2D eigenvalue weighted by atomic mass is 16.5. The van der Waals surface area contributed by atoms with Crippen molar-refractivity contribution in [3.05, 3.63) is 35.5 Å². The lowest BCUT2D eigenvalue weighted by Gasteiger charge is -2.17. The summed E-state index contributed by atoms with van der Waals surface area (Å²) in [7, 11) is 0. The average Bonchev–Trinajstić information content (AvgIpc) is 3.04. The molecule has 0 radical (unpaired) electrons. The fourth-order valence-corrected chi connectivity index (χ4v) is 3.10. The van der Waals surface area contributed by atoms with Crippen LogP contribution in [0.2, 0.25) is 0 Å². The van der Waals surface area contributed by atoms with Gasteiger partial charge in [0.15, 0.2) is 11.6 Å². The van der Waals surface area contributed by atoms with Gasteiger partial charge in [0.2, 0.25) is 0 Å². The van der Waals surface area contributed by atoms with Crippen molar-refractivity contribution in [2.24, 2.45) is 0 Å². The number of hydrogen-bond donors (Lipinski definition) is 1. The van der Waals surface area contributed by atoms with Crippen molar-refractivity contribution in [2.45, 2.75) is 58.3 Å². The number of nitrogens with zero attached hydrogens (tertiary/aromatic N) is 3. The first-order valence-corrected chi connectivity index (χ1v) is 8.31. The second-order valence-electron chi connectivity index (χ2n) is 6.55. The number of hydrogen-bond acceptors (Lipinski definition) is 5. The first-order valence-electron chi connectivity index (χ1n) is 8.31. The number of aromatic nitrogens is 3. The molecule has 5 nitrogen and oxygen atoms in total. The third-order valence-corrected chi connectivity index (χ3v) is 4.43. The molecule has 0 saturated heterocycles. The fraction of sp³-hybridized carbons (Fsp3) is 0.500. The zero-order valence-corrected chi connectivity index (χ0v) is 14.0. The molecule has 0 aliphatic heterocycles. The lowest BCUT2D eigenvalue weighted by atomic mass is 9.99. The topological polar surface area (TPSA) is 73.9 Å². The van der Waals surface area contributed by atoms with E-state index in [9.17, 15) is 0 Å². The Labute approximate surface area is 137 Å². The zero-order chi connectivity index (χ0) is 16.4. The van der Waals surface area contributed by atoms with E-state index < -0.39 is 0 Å². The molecule has 2 aromatic rings. The summed E-state index contributed by atoms with van der Waals surface area (Å²) in [5.41, 5.74) is 8.16. The van der Waals surface area contributed by atoms with Gasteiger partial charge in [-0.3, -0.25) is 4.98 Å². The van der Waals surface area contributed by atoms with Crippen LogP contribution in [0, 0.1) is 6.92 Å². The van der Waals surface area contributed by atoms with Crippen molar-refractivity contribution in [1.29, 1.82) is 0 Å². The van der Waals surface area contributed by atoms with Crippen LogP contribution < -0.4 is 10.5 Å². The molecule has 2 N–H and O–H groups in total. The van der Waals surface area contributed by atoms with E-state index in [2.05, 4.69) is 34.9 Å². The van der Waals surface area contributed by atoms with Crippen LogP contribution in [0.25, 0.3) is 0 Å². The van der Waals surface area contributed by atoms with E-state index in [1.165, 1.54) is 25.7 Å². The maximum absolute atomic E-state index is 6.07. The smallest absolute Gasteiger partial charge is 0.187 e. The lowest BCUT2D eigenvalue weighted by Crippen LogP contribution is -2.04. The van der Waals surface area contributed by atoms with Crippen LogP contribution >= 0.6 is 0 Å². The Hall–Kier alpha value is -2.17. The molecule has 2 aromatic heterocycles. The van der Waals surface area contributed by atoms with Crippen LogP contribution in [-0.2, 0) is 0 Å². The maximum Gasteiger partial charge on any atom is 0.187 e. The van der Waals surface area contributed by atoms with Gasteiger partial charge in [0.25, 0.3) is 0 Å². The van der Waals surface area contributed by atoms with Crippen LogP contribution in [0.3, 0.4) is 0 Å². The van der Waals surface area contributed by atoms with E-state index >= 15 is 0 Å². The van der Waals surface area contributed by atoms with Crippen LogP contribution in [-0.4, -0.2) is 15.0 Å². The molecule has 23 heavy (non-hydrogen) atoms. The van der Waals surface area contributed by atoms with Gasteiger partial charge in [-0.15, -0.1) is 0 Å². The van der Waals surface area contributed by atoms with Crippen LogP contribution in [0.1, 0.15) is 68.4 Å². The van der Waals surface area contributed by atoms with E-state index in [-0.39, 0.29) is 0 Å². The molecule has 1 aliphatic carbocycles. The van der Waals surface area contributed by atoms with Crippen molar-refractivity contribution in [3.63, 3.8) is 0 Å². The number of nitrogen functional groups attached to an aromatic ring is 1. The zero-order valence-electron chi connectivity index (χ0n) is 14.0. The van der Waals surface area contributed by atoms with Crippen molar-refractivity contribution < 1.29 is 4.74 Å². The van der Waals surface area contributed by atoms with E-state index in [4.69, 9.17) is 10.5 Å². The average molecular weight is 312 g/mol. The number of nitrogens with two attached hydrogens (primary N) is 1. The van der Waals surface area contributed by atoms with Gasteiger partial charge in [-0.25, -0.2) is 9.97 Å². The molecule has 0 unspecified atom stereocenters. The molecule has 0 atom stereocenters. The van der Waals surface area contributed by atoms with Crippen LogP contribution in [0.4, 0.5) is 5.82 Å². The number of pyridine rings is 1. The number of rotatable bonds is 4. The van der Waals surface area contributed by atoms with Crippen molar-refractivity contribution in [1.82, 2.24) is 15.0 Å². The summed E-state index contributed by atoms with van der Waals surface area (Å²) in [6, 6.07) is 2.07. The second kappa shape index (κ2) is 6.52. The van der Waals surface area contributed by atoms with E-state index in [0.29, 0.717) is 29.2 Å². The molecular weight excluding hydrogens is 288 g/mol. The van der Waals surface area contributed by atoms with Gasteiger partial charge in [-0.05, 0) is 25.7 Å². The largest absolute Gasteiger partial charge is 0.451 e. The highest BCUT2D eigenvalue weighted by Crippen LogP contribution is 2.38. The second-order valence-corrected chi connectivity index (χ2v) is 6.55. The van der Waals surface area contributed by atoms with E-state index in [0.717, 1.165) is 17.0 Å². The highest BCUT2D eigenvalue weighted by molar-refractivity contribution is 5.48. The van der Waals surface area contributed by atoms with Crippen molar-refractivity contribution >= 4 is 5.82 Å². The first-order chi connectivity index (χ1) is 11.0. The quantitative estimate of drug-likeness (QED) is 0.909. The molecule has 0 spiro atoms. The predicted molar refractivity (Wildman–Crippen MR) is 90.8 cm³/mol. The Morgan fingerprint density at radius 2 is 1.87 bits per heavy atom. The Balaban J connectivity index is 1.95. The summed E-state index contributed by atoms with van der Waals surface area (Å²) in [6.07, 6.45) is 8.57. The molecule has 2 heterocycles. The summed E-state index contributed by atoms with van der Waals surface area (Å²) in [5, 5.41) is 0. The summed E-state index contributed by atoms with van der Waals surface area (Å²) in [4.78, 5) is 13.0. The standard InChI is InChI=1S/C18H24N4O/c1-11(2)14-9-21-15(13-6-4-5-7-13)8-16(14)23-17-10-20-12(3)22-18(17)19/h8-11,13H,4-7H2,1-3H3,(H2,19,20,22). The van der Waals surface area contributed by atoms with Crippen molar-refractivity contribution in [2.75, 3.05) is 5.73 Å². The number of ether oxygens (including phenoxy) is 1. The van der Waals surface area contributed by atoms with Gasteiger partial charge in [0.1, 0.15) is 11.6 Å². The molecule has 0 aromatic carbocycles. The van der Waals surface area contributed by atoms with Crippen LogP contribution in [0.15, 0.2) is 18.5 Å². The minimum atomic E-state index is 0.322. The third kappa shape index (κ3) is 3.44. The Kier molecular flexibility index (Phi) is 4.46. The minimum Gasteiger partial charge on any atom is -0.451 e. The molecule has 5 heteroatoms. The maximum atomic E-state index is 6.07. The molecule has 1 fully saturated rings. The normalized spacial score (nSPS) is 15.3. The molecule has 122 valence electrons. The van der Waals surface area contributed by atoms with Gasteiger partial charge in [-0.2, -0.15) is 0 Å². The van der Waals surface area contributed by atoms with Crippen LogP contribution in [0.5, 0.6) is 11.5 Å². The van der Waals surface area contributed by atoms with Gasteiger partial charge in [0.05, 0.1) is 6.20 Å². The summed E-state index contributed by atoms with van der Waals surface area (Å²) < 4.78 is 6.07. The van der Waals surface area contributed by atoms with Gasteiger partial charge >= 0.3 is 0 Å². The fourth-order valence-electron chi connectivity index (χ4n) is 3.10. The highest BCUT2D eigenvalue weighted by Gasteiger charge is 2.21. The summed E-state index contributed by atoms with van der Waals surface area (Å²) >= 11 is 0. The van der Waals surface area contributed by atoms with Gasteiger partial charge in [0, 0.05) is 29.4 Å². The monoisotopic (exact) mass is 312 g/mol. The number of aryl methyl sites for hydroxylation is 1. The molecule has 1 saturated carbocycles. The third-order valence-electron chi connectivity index (χ3n) is 4.43. The molecule has 0 amide bonds.